The lowest BCUT2D eigenvalue weighted by Gasteiger charge is -2.43. The van der Waals surface area contributed by atoms with Gasteiger partial charge in [-0.1, -0.05) is 87.8 Å². The monoisotopic (exact) mass is 741 g/mol. The summed E-state index contributed by atoms with van der Waals surface area (Å²) in [7, 11) is 0. The molecule has 0 N–H and O–H groups in total. The van der Waals surface area contributed by atoms with Crippen LogP contribution in [-0.2, 0) is 28.3 Å². The third-order valence-electron chi connectivity index (χ3n) is 9.40. The van der Waals surface area contributed by atoms with Gasteiger partial charge in [0.05, 0.1) is 46.7 Å². The number of carbonyl (C=O) groups is 2. The van der Waals surface area contributed by atoms with Gasteiger partial charge in [0, 0.05) is 12.2 Å². The second-order valence-corrected chi connectivity index (χ2v) is 13.2. The summed E-state index contributed by atoms with van der Waals surface area (Å²) in [5.74, 6) is -0.690. The predicted octanol–water partition coefficient (Wildman–Crippen LogP) is 11.6. The summed E-state index contributed by atoms with van der Waals surface area (Å²) in [5.41, 5.74) is 0.375. The van der Waals surface area contributed by atoms with E-state index in [1.165, 1.54) is 36.1 Å². The first-order valence-electron chi connectivity index (χ1n) is 18.1. The van der Waals surface area contributed by atoms with Crippen molar-refractivity contribution in [2.75, 3.05) is 18.1 Å². The topological polar surface area (TPSA) is 73.6 Å². The first kappa shape index (κ1) is 41.0. The molecule has 1 heterocycles. The van der Waals surface area contributed by atoms with Crippen molar-refractivity contribution in [1.29, 1.82) is 5.26 Å². The van der Waals surface area contributed by atoms with Crippen molar-refractivity contribution in [3.63, 3.8) is 0 Å². The largest absolute Gasteiger partial charge is 0.463 e. The van der Waals surface area contributed by atoms with Gasteiger partial charge in [0.2, 0.25) is 0 Å². The van der Waals surface area contributed by atoms with E-state index in [0.29, 0.717) is 29.5 Å². The van der Waals surface area contributed by atoms with Gasteiger partial charge in [0.25, 0.3) is 0 Å². The lowest BCUT2D eigenvalue weighted by molar-refractivity contribution is -0.140. The second-order valence-electron chi connectivity index (χ2n) is 13.2. The van der Waals surface area contributed by atoms with E-state index in [2.05, 4.69) is 6.07 Å². The van der Waals surface area contributed by atoms with Gasteiger partial charge in [-0.3, -0.25) is 4.90 Å². The number of nitrogens with zero attached hydrogens (tertiary/aromatic N) is 3. The van der Waals surface area contributed by atoms with E-state index in [0.717, 1.165) is 80.9 Å². The molecule has 1 aliphatic heterocycles. The van der Waals surface area contributed by atoms with Crippen LogP contribution in [0.1, 0.15) is 112 Å². The van der Waals surface area contributed by atoms with Crippen LogP contribution in [0.15, 0.2) is 84.1 Å². The summed E-state index contributed by atoms with van der Waals surface area (Å²) in [6, 6.07) is 17.0. The molecule has 0 aliphatic carbocycles. The number of ether oxygens (including phenoxy) is 1. The highest BCUT2D eigenvalue weighted by molar-refractivity contribution is 6.03. The number of halogens is 6. The number of aryl methyl sites for hydroxylation is 1. The Morgan fingerprint density at radius 3 is 1.89 bits per heavy atom. The molecule has 4 rings (SSSR count). The normalized spacial score (nSPS) is 15.2. The van der Waals surface area contributed by atoms with E-state index in [4.69, 9.17) is 4.74 Å². The standard InChI is InChI=1S/C41H45F6N3O3/c1-3-53-38(51)36-29(2)50(35-20-15-19-34(27-35)41(45,46)47)39(52)49(37(36)32-23-21-31(28-48)22-24-32)25-13-11-9-7-5-4-6-8-10-12-16-30-17-14-18-33(26-30)40(42,43)44/h14-15,17-24,26-27,37H,3-13,16,25H2,1-2H3. The number of amides is 2. The van der Waals surface area contributed by atoms with Crippen LogP contribution in [0, 0.1) is 11.3 Å². The Labute approximate surface area is 307 Å². The van der Waals surface area contributed by atoms with Crippen molar-refractivity contribution in [2.45, 2.75) is 103 Å². The first-order valence-corrected chi connectivity index (χ1v) is 18.1. The summed E-state index contributed by atoms with van der Waals surface area (Å²) in [6.07, 6.45) is 0.735. The van der Waals surface area contributed by atoms with Crippen molar-refractivity contribution in [3.05, 3.63) is 112 Å². The number of hydrogen-bond donors (Lipinski definition) is 0. The molecular formula is C41H45F6N3O3. The number of anilines is 1. The van der Waals surface area contributed by atoms with Gasteiger partial charge in [-0.15, -0.1) is 0 Å². The van der Waals surface area contributed by atoms with Gasteiger partial charge in [-0.05, 0) is 80.6 Å². The van der Waals surface area contributed by atoms with Crippen LogP contribution < -0.4 is 4.90 Å². The first-order chi connectivity index (χ1) is 25.3. The van der Waals surface area contributed by atoms with Gasteiger partial charge in [0.1, 0.15) is 0 Å². The molecule has 0 bridgehead atoms. The number of allylic oxidation sites excluding steroid dienone is 1. The number of esters is 1. The lowest BCUT2D eigenvalue weighted by atomic mass is 9.91. The van der Waals surface area contributed by atoms with Crippen molar-refractivity contribution < 1.29 is 40.7 Å². The molecule has 0 saturated carbocycles. The Morgan fingerprint density at radius 1 is 0.774 bits per heavy atom. The fourth-order valence-electron chi connectivity index (χ4n) is 6.69. The van der Waals surface area contributed by atoms with Crippen LogP contribution in [-0.4, -0.2) is 30.1 Å². The molecule has 1 unspecified atom stereocenters. The molecule has 53 heavy (non-hydrogen) atoms. The molecule has 0 aromatic heterocycles. The minimum Gasteiger partial charge on any atom is -0.463 e. The molecule has 1 atom stereocenters. The third-order valence-corrected chi connectivity index (χ3v) is 9.40. The molecule has 0 radical (unpaired) electrons. The van der Waals surface area contributed by atoms with Crippen molar-refractivity contribution >= 4 is 17.7 Å². The maximum atomic E-state index is 14.3. The zero-order valence-electron chi connectivity index (χ0n) is 30.0. The van der Waals surface area contributed by atoms with Gasteiger partial charge in [-0.2, -0.15) is 31.6 Å². The van der Waals surface area contributed by atoms with Gasteiger partial charge in [-0.25, -0.2) is 9.59 Å². The summed E-state index contributed by atoms with van der Waals surface area (Å²) in [6.45, 7) is 3.44. The number of rotatable bonds is 17. The molecule has 2 amide bonds. The van der Waals surface area contributed by atoms with Crippen LogP contribution in [0.4, 0.5) is 36.8 Å². The Hall–Kier alpha value is -4.79. The minimum absolute atomic E-state index is 0.0249. The number of unbranched alkanes of at least 4 members (excludes halogenated alkanes) is 9. The van der Waals surface area contributed by atoms with Gasteiger partial charge in [0.15, 0.2) is 0 Å². The molecule has 284 valence electrons. The smallest absolute Gasteiger partial charge is 0.416 e. The van der Waals surface area contributed by atoms with E-state index in [9.17, 15) is 41.2 Å². The molecule has 0 spiro atoms. The lowest BCUT2D eigenvalue weighted by Crippen LogP contribution is -2.51. The fraction of sp³-hybridized carbons (Fsp3) is 0.439. The number of urea groups is 1. The van der Waals surface area contributed by atoms with E-state index in [1.54, 1.807) is 37.3 Å². The van der Waals surface area contributed by atoms with Crippen LogP contribution in [0.25, 0.3) is 0 Å². The number of hydrogen-bond acceptors (Lipinski definition) is 4. The van der Waals surface area contributed by atoms with Crippen LogP contribution in [0.3, 0.4) is 0 Å². The third kappa shape index (κ3) is 11.1. The predicted molar refractivity (Wildman–Crippen MR) is 191 cm³/mol. The Balaban J connectivity index is 1.37. The fourth-order valence-corrected chi connectivity index (χ4v) is 6.69. The highest BCUT2D eigenvalue weighted by Crippen LogP contribution is 2.41. The van der Waals surface area contributed by atoms with Crippen LogP contribution in [0.5, 0.6) is 0 Å². The van der Waals surface area contributed by atoms with E-state index >= 15 is 0 Å². The summed E-state index contributed by atoms with van der Waals surface area (Å²) >= 11 is 0. The highest BCUT2D eigenvalue weighted by atomic mass is 19.4. The zero-order valence-corrected chi connectivity index (χ0v) is 30.0. The van der Waals surface area contributed by atoms with Crippen molar-refractivity contribution in [1.82, 2.24) is 4.90 Å². The number of benzene rings is 3. The molecular weight excluding hydrogens is 696 g/mol. The van der Waals surface area contributed by atoms with Crippen LogP contribution in [0.2, 0.25) is 0 Å². The highest BCUT2D eigenvalue weighted by Gasteiger charge is 2.43. The zero-order chi connectivity index (χ0) is 38.6. The average Bonchev–Trinajstić information content (AvgIpc) is 3.12. The quantitative estimate of drug-likeness (QED) is 0.0784. The van der Waals surface area contributed by atoms with E-state index < -0.39 is 41.5 Å². The minimum atomic E-state index is -4.64. The summed E-state index contributed by atoms with van der Waals surface area (Å²) in [4.78, 5) is 30.4. The second kappa shape index (κ2) is 18.8. The Morgan fingerprint density at radius 2 is 1.32 bits per heavy atom. The Kier molecular flexibility index (Phi) is 14.5. The van der Waals surface area contributed by atoms with E-state index in [1.807, 2.05) is 0 Å². The van der Waals surface area contributed by atoms with Crippen molar-refractivity contribution in [3.8, 4) is 6.07 Å². The SMILES string of the molecule is CCOC(=O)C1=C(C)N(c2cccc(C(F)(F)F)c2)C(=O)N(CCCCCCCCCCCCc2cccc(C(F)(F)F)c2)C1c1ccc(C#N)cc1. The molecule has 3 aromatic carbocycles. The summed E-state index contributed by atoms with van der Waals surface area (Å²) < 4.78 is 85.3. The Bertz CT molecular complexity index is 1760. The van der Waals surface area contributed by atoms with Gasteiger partial charge >= 0.3 is 24.4 Å². The van der Waals surface area contributed by atoms with Crippen molar-refractivity contribution in [2.24, 2.45) is 0 Å². The maximum Gasteiger partial charge on any atom is 0.416 e. The number of alkyl halides is 6. The summed E-state index contributed by atoms with van der Waals surface area (Å²) in [5, 5.41) is 9.35. The molecule has 1 aliphatic rings. The van der Waals surface area contributed by atoms with Gasteiger partial charge < -0.3 is 9.64 Å². The molecule has 0 fully saturated rings. The number of nitriles is 1. The molecule has 3 aromatic rings. The molecule has 0 saturated heterocycles. The maximum absolute atomic E-state index is 14.3. The van der Waals surface area contributed by atoms with E-state index in [-0.39, 0.29) is 30.1 Å². The number of carbonyl (C=O) groups excluding carboxylic acids is 2. The molecule has 12 heteroatoms. The average molecular weight is 742 g/mol. The van der Waals surface area contributed by atoms with Crippen LogP contribution >= 0.6 is 0 Å². The molecule has 6 nitrogen and oxygen atoms in total.